The van der Waals surface area contributed by atoms with Gasteiger partial charge in [0.25, 0.3) is 0 Å². The Labute approximate surface area is 149 Å². The van der Waals surface area contributed by atoms with E-state index in [2.05, 4.69) is 15.9 Å². The lowest BCUT2D eigenvalue weighted by Gasteiger charge is -2.14. The summed E-state index contributed by atoms with van der Waals surface area (Å²) >= 11 is 8.43. The first-order chi connectivity index (χ1) is 11.0. The molecule has 0 heterocycles. The van der Waals surface area contributed by atoms with Gasteiger partial charge in [-0.1, -0.05) is 29.9 Å². The number of ether oxygens (including phenoxy) is 3. The van der Waals surface area contributed by atoms with Crippen LogP contribution in [0.3, 0.4) is 0 Å². The Kier molecular flexibility index (Phi) is 6.24. The lowest BCUT2D eigenvalue weighted by molar-refractivity contribution is 0.210. The second-order valence-electron chi connectivity index (χ2n) is 4.86. The molecule has 0 unspecified atom stereocenters. The molecule has 0 radical (unpaired) electrons. The van der Waals surface area contributed by atoms with Gasteiger partial charge in [-0.2, -0.15) is 0 Å². The SMILES string of the molecule is COc1cc(C(N)=S)cc(Br)c1OCCOc1ccc(C)cc1. The molecule has 0 bridgehead atoms. The average Bonchev–Trinajstić information content (AvgIpc) is 2.53. The van der Waals surface area contributed by atoms with Gasteiger partial charge < -0.3 is 19.9 Å². The largest absolute Gasteiger partial charge is 0.493 e. The van der Waals surface area contributed by atoms with Crippen LogP contribution >= 0.6 is 28.1 Å². The zero-order valence-corrected chi connectivity index (χ0v) is 15.4. The van der Waals surface area contributed by atoms with Crippen LogP contribution in [0, 0.1) is 6.92 Å². The van der Waals surface area contributed by atoms with E-state index in [9.17, 15) is 0 Å². The van der Waals surface area contributed by atoms with Gasteiger partial charge in [-0.25, -0.2) is 0 Å². The van der Waals surface area contributed by atoms with Crippen molar-refractivity contribution in [3.8, 4) is 17.2 Å². The van der Waals surface area contributed by atoms with Gasteiger partial charge in [-0.3, -0.25) is 0 Å². The molecule has 6 heteroatoms. The van der Waals surface area contributed by atoms with Crippen LogP contribution in [0.15, 0.2) is 40.9 Å². The van der Waals surface area contributed by atoms with E-state index >= 15 is 0 Å². The summed E-state index contributed by atoms with van der Waals surface area (Å²) in [6.45, 7) is 2.85. The standard InChI is InChI=1S/C17H18BrNO3S/c1-11-3-5-13(6-4-11)21-7-8-22-16-14(18)9-12(17(19)23)10-15(16)20-2/h3-6,9-10H,7-8H2,1-2H3,(H2,19,23). The molecule has 23 heavy (non-hydrogen) atoms. The minimum Gasteiger partial charge on any atom is -0.493 e. The fourth-order valence-electron chi connectivity index (χ4n) is 1.94. The van der Waals surface area contributed by atoms with Crippen LogP contribution in [0.5, 0.6) is 17.2 Å². The Morgan fingerprint density at radius 1 is 1.13 bits per heavy atom. The van der Waals surface area contributed by atoms with Crippen LogP contribution in [0.1, 0.15) is 11.1 Å². The molecule has 2 rings (SSSR count). The quantitative estimate of drug-likeness (QED) is 0.569. The molecule has 0 spiro atoms. The van der Waals surface area contributed by atoms with Crippen molar-refractivity contribution >= 4 is 33.1 Å². The van der Waals surface area contributed by atoms with Crippen molar-refractivity contribution in [1.82, 2.24) is 0 Å². The van der Waals surface area contributed by atoms with Gasteiger partial charge in [0, 0.05) is 5.56 Å². The second kappa shape index (κ2) is 8.17. The van der Waals surface area contributed by atoms with E-state index in [1.807, 2.05) is 31.2 Å². The molecule has 0 aliphatic heterocycles. The lowest BCUT2D eigenvalue weighted by atomic mass is 10.2. The summed E-state index contributed by atoms with van der Waals surface area (Å²) in [7, 11) is 1.57. The molecular formula is C17H18BrNO3S. The topological polar surface area (TPSA) is 53.7 Å². The number of halogens is 1. The van der Waals surface area contributed by atoms with Gasteiger partial charge in [0.15, 0.2) is 11.5 Å². The fraction of sp³-hybridized carbons (Fsp3) is 0.235. The van der Waals surface area contributed by atoms with Crippen LogP contribution in [-0.4, -0.2) is 25.3 Å². The van der Waals surface area contributed by atoms with Gasteiger partial charge in [-0.15, -0.1) is 0 Å². The summed E-state index contributed by atoms with van der Waals surface area (Å²) in [4.78, 5) is 0.304. The van der Waals surface area contributed by atoms with E-state index < -0.39 is 0 Å². The molecule has 0 fully saturated rings. The molecule has 2 aromatic carbocycles. The van der Waals surface area contributed by atoms with Gasteiger partial charge in [0.1, 0.15) is 24.0 Å². The maximum atomic E-state index is 5.76. The number of hydrogen-bond acceptors (Lipinski definition) is 4. The Bertz CT molecular complexity index is 689. The predicted octanol–water partition coefficient (Wildman–Crippen LogP) is 3.86. The molecule has 122 valence electrons. The molecule has 0 atom stereocenters. The van der Waals surface area contributed by atoms with Crippen molar-refractivity contribution in [2.75, 3.05) is 20.3 Å². The number of nitrogens with two attached hydrogens (primary N) is 1. The number of methoxy groups -OCH3 is 1. The van der Waals surface area contributed by atoms with Crippen molar-refractivity contribution < 1.29 is 14.2 Å². The zero-order chi connectivity index (χ0) is 16.8. The number of thiocarbonyl (C=S) groups is 1. The van der Waals surface area contributed by atoms with Crippen molar-refractivity contribution in [2.45, 2.75) is 6.92 Å². The van der Waals surface area contributed by atoms with E-state index in [0.717, 1.165) is 10.2 Å². The normalized spacial score (nSPS) is 10.2. The summed E-state index contributed by atoms with van der Waals surface area (Å²) in [5.41, 5.74) is 7.56. The van der Waals surface area contributed by atoms with E-state index in [-0.39, 0.29) is 0 Å². The number of aryl methyl sites for hydroxylation is 1. The Morgan fingerprint density at radius 2 is 1.78 bits per heavy atom. The van der Waals surface area contributed by atoms with Gasteiger partial charge in [-0.05, 0) is 47.1 Å². The first-order valence-electron chi connectivity index (χ1n) is 7.01. The third kappa shape index (κ3) is 4.84. The van der Waals surface area contributed by atoms with E-state index in [4.69, 9.17) is 32.2 Å². The minimum absolute atomic E-state index is 0.304. The molecule has 0 saturated carbocycles. The highest BCUT2D eigenvalue weighted by Gasteiger charge is 2.13. The number of hydrogen-bond donors (Lipinski definition) is 1. The summed E-state index contributed by atoms with van der Waals surface area (Å²) < 4.78 is 17.5. The molecule has 0 amide bonds. The molecule has 4 nitrogen and oxygen atoms in total. The lowest BCUT2D eigenvalue weighted by Crippen LogP contribution is -2.12. The molecule has 0 saturated heterocycles. The summed E-state index contributed by atoms with van der Waals surface area (Å²) in [5, 5.41) is 0. The number of rotatable bonds is 7. The summed E-state index contributed by atoms with van der Waals surface area (Å²) in [6, 6.07) is 11.4. The smallest absolute Gasteiger partial charge is 0.175 e. The predicted molar refractivity (Wildman–Crippen MR) is 98.8 cm³/mol. The third-order valence-electron chi connectivity index (χ3n) is 3.13. The van der Waals surface area contributed by atoms with Gasteiger partial charge >= 0.3 is 0 Å². The van der Waals surface area contributed by atoms with Crippen LogP contribution in [0.4, 0.5) is 0 Å². The van der Waals surface area contributed by atoms with Crippen molar-refractivity contribution in [3.05, 3.63) is 52.0 Å². The first-order valence-corrected chi connectivity index (χ1v) is 8.21. The summed E-state index contributed by atoms with van der Waals surface area (Å²) in [6.07, 6.45) is 0. The molecule has 0 aliphatic rings. The van der Waals surface area contributed by atoms with Crippen LogP contribution in [0.25, 0.3) is 0 Å². The fourth-order valence-corrected chi connectivity index (χ4v) is 2.61. The monoisotopic (exact) mass is 395 g/mol. The molecule has 0 aliphatic carbocycles. The Hall–Kier alpha value is -1.79. The molecular weight excluding hydrogens is 378 g/mol. The molecule has 2 aromatic rings. The Balaban J connectivity index is 1.97. The second-order valence-corrected chi connectivity index (χ2v) is 6.16. The minimum atomic E-state index is 0.304. The average molecular weight is 396 g/mol. The zero-order valence-electron chi connectivity index (χ0n) is 13.0. The highest BCUT2D eigenvalue weighted by molar-refractivity contribution is 9.10. The van der Waals surface area contributed by atoms with Crippen molar-refractivity contribution in [1.29, 1.82) is 0 Å². The third-order valence-corrected chi connectivity index (χ3v) is 3.96. The maximum Gasteiger partial charge on any atom is 0.175 e. The maximum absolute atomic E-state index is 5.76. The van der Waals surface area contributed by atoms with Gasteiger partial charge in [0.2, 0.25) is 0 Å². The highest BCUT2D eigenvalue weighted by atomic mass is 79.9. The van der Waals surface area contributed by atoms with E-state index in [1.165, 1.54) is 5.56 Å². The van der Waals surface area contributed by atoms with Crippen LogP contribution in [-0.2, 0) is 0 Å². The van der Waals surface area contributed by atoms with E-state index in [0.29, 0.717) is 35.3 Å². The highest BCUT2D eigenvalue weighted by Crippen LogP contribution is 2.36. The molecule has 2 N–H and O–H groups in total. The van der Waals surface area contributed by atoms with Gasteiger partial charge in [0.05, 0.1) is 11.6 Å². The van der Waals surface area contributed by atoms with Crippen molar-refractivity contribution in [2.24, 2.45) is 5.73 Å². The molecule has 0 aromatic heterocycles. The van der Waals surface area contributed by atoms with E-state index in [1.54, 1.807) is 19.2 Å². The van der Waals surface area contributed by atoms with Crippen LogP contribution in [0.2, 0.25) is 0 Å². The number of benzene rings is 2. The first kappa shape index (κ1) is 17.6. The Morgan fingerprint density at radius 3 is 2.39 bits per heavy atom. The summed E-state index contributed by atoms with van der Waals surface area (Å²) in [5.74, 6) is 1.98. The van der Waals surface area contributed by atoms with Crippen molar-refractivity contribution in [3.63, 3.8) is 0 Å². The van der Waals surface area contributed by atoms with Crippen LogP contribution < -0.4 is 19.9 Å².